The van der Waals surface area contributed by atoms with Gasteiger partial charge in [-0.2, -0.15) is 0 Å². The van der Waals surface area contributed by atoms with E-state index >= 15 is 0 Å². The Labute approximate surface area is 93.9 Å². The fourth-order valence-electron chi connectivity index (χ4n) is 1.15. The largest absolute Gasteiger partial charge is 0.341 e. The lowest BCUT2D eigenvalue weighted by atomic mass is 10.1. The van der Waals surface area contributed by atoms with E-state index in [-0.39, 0.29) is 0 Å². The fraction of sp³-hybridized carbons (Fsp3) is 0.333. The highest BCUT2D eigenvalue weighted by Crippen LogP contribution is 2.26. The van der Waals surface area contributed by atoms with Crippen LogP contribution in [0.25, 0.3) is 0 Å². The van der Waals surface area contributed by atoms with Gasteiger partial charge < -0.3 is 0 Å². The number of hydrogen-bond acceptors (Lipinski definition) is 0. The minimum absolute atomic E-state index is 0.696. The van der Waals surface area contributed by atoms with Crippen molar-refractivity contribution in [2.75, 3.05) is 0 Å². The van der Waals surface area contributed by atoms with Crippen molar-refractivity contribution in [1.82, 2.24) is 0 Å². The zero-order chi connectivity index (χ0) is 9.90. The van der Waals surface area contributed by atoms with E-state index in [0.717, 1.165) is 6.42 Å². The van der Waals surface area contributed by atoms with Gasteiger partial charge in [-0.15, -0.1) is 33.2 Å². The molecule has 0 nitrogen and oxygen atoms in total. The zero-order valence-corrected chi connectivity index (χ0v) is 10.6. The van der Waals surface area contributed by atoms with Gasteiger partial charge in [0.2, 0.25) is 0 Å². The van der Waals surface area contributed by atoms with Crippen molar-refractivity contribution < 1.29 is 0 Å². The molecular weight excluding hydrogens is 243 g/mol. The average Bonchev–Trinajstić information content (AvgIpc) is 2.00. The van der Waals surface area contributed by atoms with Gasteiger partial charge in [0.15, 0.2) is 0 Å². The summed E-state index contributed by atoms with van der Waals surface area (Å²) in [7, 11) is 0. The van der Waals surface area contributed by atoms with Gasteiger partial charge in [0.05, 0.1) is 0 Å². The van der Waals surface area contributed by atoms with Gasteiger partial charge in [0.25, 0.3) is 0 Å². The van der Waals surface area contributed by atoms with Crippen molar-refractivity contribution in [3.63, 3.8) is 0 Å². The van der Waals surface area contributed by atoms with Crippen molar-refractivity contribution in [3.8, 4) is 0 Å². The molecule has 4 heteroatoms. The molecule has 0 bridgehead atoms. The molecule has 0 fully saturated rings. The van der Waals surface area contributed by atoms with Crippen LogP contribution < -0.4 is 0 Å². The summed E-state index contributed by atoms with van der Waals surface area (Å²) in [5, 5.41) is 0. The third-order valence-corrected chi connectivity index (χ3v) is 4.30. The first-order valence-corrected chi connectivity index (χ1v) is 9.34. The minimum atomic E-state index is -2.44. The van der Waals surface area contributed by atoms with E-state index in [1.807, 2.05) is 6.07 Å². The normalized spacial score (nSPS) is 11.7. The number of rotatable bonds is 3. The Morgan fingerprint density at radius 1 is 1.23 bits per heavy atom. The number of benzene rings is 1. The van der Waals surface area contributed by atoms with Crippen LogP contribution in [-0.2, 0) is 6.42 Å². The molecule has 1 aromatic rings. The molecule has 0 saturated heterocycles. The standard InChI is InChI=1S/C9H11Cl3Si/c1-8-3-2-4-9(7-8)5-6-13(10,11)12/h2-4,7H,5-6H2,1H3. The average molecular weight is 254 g/mol. The second kappa shape index (κ2) is 4.69. The molecule has 1 rings (SSSR count). The van der Waals surface area contributed by atoms with Crippen LogP contribution in [0.1, 0.15) is 11.1 Å². The lowest BCUT2D eigenvalue weighted by molar-refractivity contribution is 1.12. The molecule has 0 N–H and O–H groups in total. The van der Waals surface area contributed by atoms with Crippen LogP contribution in [0, 0.1) is 6.92 Å². The Morgan fingerprint density at radius 3 is 2.46 bits per heavy atom. The molecule has 0 aliphatic carbocycles. The molecule has 13 heavy (non-hydrogen) atoms. The SMILES string of the molecule is Cc1cccc(CC[Si](Cl)(Cl)Cl)c1. The molecule has 0 aliphatic rings. The number of hydrogen-bond donors (Lipinski definition) is 0. The van der Waals surface area contributed by atoms with E-state index in [9.17, 15) is 0 Å². The predicted octanol–water partition coefficient (Wildman–Crippen LogP) is 4.19. The maximum Gasteiger partial charge on any atom is 0.341 e. The van der Waals surface area contributed by atoms with E-state index in [1.54, 1.807) is 0 Å². The van der Waals surface area contributed by atoms with Crippen LogP contribution in [0.4, 0.5) is 0 Å². The second-order valence-electron chi connectivity index (χ2n) is 3.10. The van der Waals surface area contributed by atoms with Crippen LogP contribution in [-0.4, -0.2) is 6.00 Å². The molecule has 0 aromatic heterocycles. The zero-order valence-electron chi connectivity index (χ0n) is 7.36. The maximum absolute atomic E-state index is 5.79. The fourth-order valence-corrected chi connectivity index (χ4v) is 2.58. The molecule has 1 aromatic carbocycles. The maximum atomic E-state index is 5.79. The van der Waals surface area contributed by atoms with Crippen LogP contribution in [0.3, 0.4) is 0 Å². The number of halogens is 3. The molecule has 0 amide bonds. The van der Waals surface area contributed by atoms with Crippen LogP contribution in [0.2, 0.25) is 6.04 Å². The first-order valence-electron chi connectivity index (χ1n) is 4.10. The third-order valence-electron chi connectivity index (χ3n) is 1.78. The van der Waals surface area contributed by atoms with Crippen molar-refractivity contribution >= 4 is 39.2 Å². The van der Waals surface area contributed by atoms with Crippen molar-refractivity contribution in [2.45, 2.75) is 19.4 Å². The Hall–Kier alpha value is 0.307. The summed E-state index contributed by atoms with van der Waals surface area (Å²) < 4.78 is 0. The van der Waals surface area contributed by atoms with Crippen molar-refractivity contribution in [2.24, 2.45) is 0 Å². The summed E-state index contributed by atoms with van der Waals surface area (Å²) in [4.78, 5) is 0. The van der Waals surface area contributed by atoms with Crippen LogP contribution in [0.15, 0.2) is 24.3 Å². The lowest BCUT2D eigenvalue weighted by Gasteiger charge is -2.07. The van der Waals surface area contributed by atoms with Gasteiger partial charge in [0, 0.05) is 0 Å². The summed E-state index contributed by atoms with van der Waals surface area (Å²) in [5.74, 6) is 0. The molecular formula is C9H11Cl3Si. The summed E-state index contributed by atoms with van der Waals surface area (Å²) in [6.07, 6.45) is 0.865. The number of aryl methyl sites for hydroxylation is 2. The summed E-state index contributed by atoms with van der Waals surface area (Å²) in [6.45, 7) is 2.07. The van der Waals surface area contributed by atoms with Gasteiger partial charge in [-0.1, -0.05) is 29.8 Å². The second-order valence-corrected chi connectivity index (χ2v) is 12.4. The first kappa shape index (κ1) is 11.4. The van der Waals surface area contributed by atoms with E-state index in [1.165, 1.54) is 11.1 Å². The Morgan fingerprint density at radius 2 is 1.92 bits per heavy atom. The quantitative estimate of drug-likeness (QED) is 0.560. The summed E-state index contributed by atoms with van der Waals surface area (Å²) in [5.41, 5.74) is 2.50. The molecule has 0 atom stereocenters. The van der Waals surface area contributed by atoms with E-state index < -0.39 is 6.00 Å². The highest BCUT2D eigenvalue weighted by Gasteiger charge is 2.23. The van der Waals surface area contributed by atoms with Crippen LogP contribution >= 0.6 is 33.2 Å². The molecule has 0 heterocycles. The van der Waals surface area contributed by atoms with Crippen molar-refractivity contribution in [3.05, 3.63) is 35.4 Å². The van der Waals surface area contributed by atoms with Crippen molar-refractivity contribution in [1.29, 1.82) is 0 Å². The molecule has 0 spiro atoms. The highest BCUT2D eigenvalue weighted by molar-refractivity contribution is 7.64. The van der Waals surface area contributed by atoms with Gasteiger partial charge in [0.1, 0.15) is 0 Å². The third kappa shape index (κ3) is 4.92. The Bertz CT molecular complexity index is 280. The summed E-state index contributed by atoms with van der Waals surface area (Å²) >= 11 is 17.4. The smallest absolute Gasteiger partial charge is 0.126 e. The van der Waals surface area contributed by atoms with Gasteiger partial charge >= 0.3 is 6.00 Å². The van der Waals surface area contributed by atoms with E-state index in [4.69, 9.17) is 33.2 Å². The van der Waals surface area contributed by atoms with Gasteiger partial charge in [-0.05, 0) is 25.0 Å². The molecule has 0 aliphatic heterocycles. The Balaban J connectivity index is 2.55. The first-order chi connectivity index (χ1) is 5.97. The lowest BCUT2D eigenvalue weighted by Crippen LogP contribution is -2.09. The predicted molar refractivity (Wildman–Crippen MR) is 63.0 cm³/mol. The van der Waals surface area contributed by atoms with Gasteiger partial charge in [-0.25, -0.2) is 0 Å². The highest BCUT2D eigenvalue weighted by atomic mass is 35.8. The minimum Gasteiger partial charge on any atom is -0.126 e. The molecule has 0 radical (unpaired) electrons. The van der Waals surface area contributed by atoms with Gasteiger partial charge in [-0.3, -0.25) is 0 Å². The molecule has 0 saturated carbocycles. The topological polar surface area (TPSA) is 0 Å². The Kier molecular flexibility index (Phi) is 4.11. The molecule has 72 valence electrons. The molecule has 0 unspecified atom stereocenters. The van der Waals surface area contributed by atoms with Crippen LogP contribution in [0.5, 0.6) is 0 Å². The van der Waals surface area contributed by atoms with E-state index in [2.05, 4.69) is 25.1 Å². The van der Waals surface area contributed by atoms with E-state index in [0.29, 0.717) is 6.04 Å². The monoisotopic (exact) mass is 252 g/mol. The summed E-state index contributed by atoms with van der Waals surface area (Å²) in [6, 6.07) is 6.55.